The molecule has 1 saturated heterocycles. The molecule has 3 aromatic heterocycles. The van der Waals surface area contributed by atoms with E-state index in [0.29, 0.717) is 18.7 Å². The van der Waals surface area contributed by atoms with Crippen molar-refractivity contribution >= 4 is 5.91 Å². The van der Waals surface area contributed by atoms with Gasteiger partial charge in [0.1, 0.15) is 11.5 Å². The molecule has 3 aromatic rings. The molecule has 2 N–H and O–H groups in total. The van der Waals surface area contributed by atoms with Gasteiger partial charge in [0.15, 0.2) is 5.76 Å². The smallest absolute Gasteiger partial charge is 0.254 e. The van der Waals surface area contributed by atoms with Crippen LogP contribution in [0.1, 0.15) is 22.5 Å². The minimum absolute atomic E-state index is 0.0613. The maximum absolute atomic E-state index is 12.4. The quantitative estimate of drug-likeness (QED) is 0.744. The average Bonchev–Trinajstić information content (AvgIpc) is 3.41. The van der Waals surface area contributed by atoms with E-state index in [9.17, 15) is 4.79 Å². The molecule has 0 saturated carbocycles. The molecule has 0 bridgehead atoms. The molecule has 1 atom stereocenters. The normalized spacial score (nSPS) is 17.1. The minimum atomic E-state index is 0.0613. The Bertz CT molecular complexity index is 828. The molecule has 128 valence electrons. The molecule has 1 aliphatic heterocycles. The van der Waals surface area contributed by atoms with Crippen molar-refractivity contribution in [3.8, 4) is 11.5 Å². The van der Waals surface area contributed by atoms with Crippen LogP contribution in [0.15, 0.2) is 53.3 Å². The fraction of sp³-hybridized carbons (Fsp3) is 0.278. The first-order valence-corrected chi connectivity index (χ1v) is 8.31. The van der Waals surface area contributed by atoms with Crippen LogP contribution in [0, 0.1) is 0 Å². The van der Waals surface area contributed by atoms with Gasteiger partial charge in [-0.25, -0.2) is 0 Å². The van der Waals surface area contributed by atoms with E-state index < -0.39 is 0 Å². The molecule has 0 spiro atoms. The molecule has 1 aliphatic rings. The van der Waals surface area contributed by atoms with E-state index >= 15 is 0 Å². The molecule has 7 nitrogen and oxygen atoms in total. The van der Waals surface area contributed by atoms with Crippen molar-refractivity contribution in [2.45, 2.75) is 19.0 Å². The summed E-state index contributed by atoms with van der Waals surface area (Å²) in [5.74, 6) is 1.70. The molecule has 1 fully saturated rings. The summed E-state index contributed by atoms with van der Waals surface area (Å²) in [6.45, 7) is 2.10. The standard InChI is InChI=1S/C18H19N5O2/c24-18(13-3-7-19-8-4-13)23-10-6-14(12-23)20-11-15-1-2-17(25-15)16-5-9-21-22-16/h1-5,7-9,14,20H,6,10-12H2,(H,21,22). The van der Waals surface area contributed by atoms with E-state index in [2.05, 4.69) is 20.5 Å². The SMILES string of the molecule is O=C(c1ccncc1)N1CCC(NCc2ccc(-c3ccn[nH]3)o2)C1. The molecule has 0 aromatic carbocycles. The molecule has 4 rings (SSSR count). The number of nitrogens with zero attached hydrogens (tertiary/aromatic N) is 3. The predicted molar refractivity (Wildman–Crippen MR) is 91.7 cm³/mol. The summed E-state index contributed by atoms with van der Waals surface area (Å²) < 4.78 is 5.81. The van der Waals surface area contributed by atoms with E-state index in [4.69, 9.17) is 4.42 Å². The Morgan fingerprint density at radius 1 is 1.24 bits per heavy atom. The van der Waals surface area contributed by atoms with Crippen LogP contribution in [-0.2, 0) is 6.54 Å². The second-order valence-electron chi connectivity index (χ2n) is 6.09. The topological polar surface area (TPSA) is 87.0 Å². The molecular formula is C18H19N5O2. The van der Waals surface area contributed by atoms with Gasteiger partial charge in [-0.05, 0) is 36.8 Å². The van der Waals surface area contributed by atoms with Gasteiger partial charge in [0.2, 0.25) is 0 Å². The van der Waals surface area contributed by atoms with E-state index in [1.54, 1.807) is 30.7 Å². The minimum Gasteiger partial charge on any atom is -0.458 e. The first-order chi connectivity index (χ1) is 12.3. The first-order valence-electron chi connectivity index (χ1n) is 8.31. The summed E-state index contributed by atoms with van der Waals surface area (Å²) >= 11 is 0. The molecule has 4 heterocycles. The van der Waals surface area contributed by atoms with Crippen LogP contribution in [0.2, 0.25) is 0 Å². The molecule has 7 heteroatoms. The van der Waals surface area contributed by atoms with Crippen LogP contribution in [0.5, 0.6) is 0 Å². The highest BCUT2D eigenvalue weighted by Crippen LogP contribution is 2.20. The molecular weight excluding hydrogens is 318 g/mol. The molecule has 1 unspecified atom stereocenters. The summed E-state index contributed by atoms with van der Waals surface area (Å²) in [5.41, 5.74) is 1.55. The van der Waals surface area contributed by atoms with Crippen molar-refractivity contribution in [3.05, 3.63) is 60.2 Å². The maximum atomic E-state index is 12.4. The molecule has 0 aliphatic carbocycles. The number of rotatable bonds is 5. The highest BCUT2D eigenvalue weighted by atomic mass is 16.3. The summed E-state index contributed by atoms with van der Waals surface area (Å²) in [6.07, 6.45) is 5.92. The Balaban J connectivity index is 1.31. The predicted octanol–water partition coefficient (Wildman–Crippen LogP) is 2.07. The zero-order valence-corrected chi connectivity index (χ0v) is 13.7. The number of hydrogen-bond acceptors (Lipinski definition) is 5. The van der Waals surface area contributed by atoms with Crippen LogP contribution in [0.3, 0.4) is 0 Å². The van der Waals surface area contributed by atoms with Gasteiger partial charge in [0.05, 0.1) is 6.54 Å². The van der Waals surface area contributed by atoms with Crippen molar-refractivity contribution in [1.29, 1.82) is 0 Å². The van der Waals surface area contributed by atoms with Gasteiger partial charge in [-0.15, -0.1) is 0 Å². The summed E-state index contributed by atoms with van der Waals surface area (Å²) in [7, 11) is 0. The lowest BCUT2D eigenvalue weighted by Crippen LogP contribution is -2.34. The van der Waals surface area contributed by atoms with Crippen molar-refractivity contribution in [2.24, 2.45) is 0 Å². The Morgan fingerprint density at radius 3 is 2.92 bits per heavy atom. The van der Waals surface area contributed by atoms with Gasteiger partial charge in [0.25, 0.3) is 5.91 Å². The number of aromatic nitrogens is 3. The first kappa shape index (κ1) is 15.6. The van der Waals surface area contributed by atoms with Crippen molar-refractivity contribution in [1.82, 2.24) is 25.4 Å². The Labute approximate surface area is 145 Å². The number of furan rings is 1. The number of hydrogen-bond donors (Lipinski definition) is 2. The van der Waals surface area contributed by atoms with Crippen LogP contribution >= 0.6 is 0 Å². The maximum Gasteiger partial charge on any atom is 0.254 e. The molecule has 0 radical (unpaired) electrons. The van der Waals surface area contributed by atoms with E-state index in [1.807, 2.05) is 23.1 Å². The van der Waals surface area contributed by atoms with Crippen LogP contribution in [-0.4, -0.2) is 45.1 Å². The van der Waals surface area contributed by atoms with Gasteiger partial charge >= 0.3 is 0 Å². The fourth-order valence-electron chi connectivity index (χ4n) is 3.04. The Morgan fingerprint density at radius 2 is 2.12 bits per heavy atom. The summed E-state index contributed by atoms with van der Waals surface area (Å²) in [4.78, 5) is 18.3. The van der Waals surface area contributed by atoms with Crippen molar-refractivity contribution in [3.63, 3.8) is 0 Å². The van der Waals surface area contributed by atoms with Crippen molar-refractivity contribution in [2.75, 3.05) is 13.1 Å². The number of pyridine rings is 1. The number of carbonyl (C=O) groups excluding carboxylic acids is 1. The third kappa shape index (κ3) is 3.46. The van der Waals surface area contributed by atoms with Gasteiger partial charge in [-0.2, -0.15) is 5.10 Å². The van der Waals surface area contributed by atoms with E-state index in [-0.39, 0.29) is 11.9 Å². The average molecular weight is 337 g/mol. The zero-order chi connectivity index (χ0) is 17.1. The van der Waals surface area contributed by atoms with Gasteiger partial charge < -0.3 is 14.6 Å². The van der Waals surface area contributed by atoms with Crippen LogP contribution in [0.4, 0.5) is 0 Å². The summed E-state index contributed by atoms with van der Waals surface area (Å²) in [6, 6.07) is 9.53. The highest BCUT2D eigenvalue weighted by Gasteiger charge is 2.26. The number of carbonyl (C=O) groups is 1. The monoisotopic (exact) mass is 337 g/mol. The van der Waals surface area contributed by atoms with E-state index in [1.165, 1.54) is 0 Å². The largest absolute Gasteiger partial charge is 0.458 e. The lowest BCUT2D eigenvalue weighted by molar-refractivity contribution is 0.0789. The number of amides is 1. The number of nitrogens with one attached hydrogen (secondary N) is 2. The van der Waals surface area contributed by atoms with Crippen molar-refractivity contribution < 1.29 is 9.21 Å². The third-order valence-corrected chi connectivity index (χ3v) is 4.40. The fourth-order valence-corrected chi connectivity index (χ4v) is 3.04. The number of likely N-dealkylation sites (tertiary alicyclic amines) is 1. The zero-order valence-electron chi connectivity index (χ0n) is 13.7. The third-order valence-electron chi connectivity index (χ3n) is 4.40. The molecule has 1 amide bonds. The highest BCUT2D eigenvalue weighted by molar-refractivity contribution is 5.94. The lowest BCUT2D eigenvalue weighted by Gasteiger charge is -2.16. The van der Waals surface area contributed by atoms with Gasteiger partial charge in [0, 0.05) is 43.3 Å². The Hall–Kier alpha value is -2.93. The number of H-pyrrole nitrogens is 1. The van der Waals surface area contributed by atoms with Gasteiger partial charge in [-0.3, -0.25) is 14.9 Å². The van der Waals surface area contributed by atoms with Crippen LogP contribution < -0.4 is 5.32 Å². The summed E-state index contributed by atoms with van der Waals surface area (Å²) in [5, 5.41) is 10.3. The second-order valence-corrected chi connectivity index (χ2v) is 6.09. The lowest BCUT2D eigenvalue weighted by atomic mass is 10.2. The van der Waals surface area contributed by atoms with Crippen LogP contribution in [0.25, 0.3) is 11.5 Å². The Kier molecular flexibility index (Phi) is 4.30. The van der Waals surface area contributed by atoms with Gasteiger partial charge in [-0.1, -0.05) is 0 Å². The number of aromatic amines is 1. The molecule has 25 heavy (non-hydrogen) atoms. The second kappa shape index (κ2) is 6.90. The van der Waals surface area contributed by atoms with E-state index in [0.717, 1.165) is 30.2 Å².